The molecule has 1 unspecified atom stereocenters. The van der Waals surface area contributed by atoms with Gasteiger partial charge in [0.25, 0.3) is 0 Å². The first-order valence-corrected chi connectivity index (χ1v) is 10.5. The number of urea groups is 1. The number of benzene rings is 2. The number of rotatable bonds is 9. The molecule has 0 saturated carbocycles. The van der Waals surface area contributed by atoms with Crippen molar-refractivity contribution in [2.24, 2.45) is 0 Å². The van der Waals surface area contributed by atoms with Gasteiger partial charge >= 0.3 is 6.03 Å². The Kier molecular flexibility index (Phi) is 8.71. The highest BCUT2D eigenvalue weighted by Crippen LogP contribution is 2.21. The molecule has 0 aliphatic rings. The second kappa shape index (κ2) is 11.2. The summed E-state index contributed by atoms with van der Waals surface area (Å²) in [4.78, 5) is 26.1. The zero-order valence-corrected chi connectivity index (χ0v) is 18.6. The van der Waals surface area contributed by atoms with Crippen LogP contribution in [0.4, 0.5) is 10.5 Å². The van der Waals surface area contributed by atoms with E-state index >= 15 is 0 Å². The highest BCUT2D eigenvalue weighted by atomic mass is 16.5. The Morgan fingerprint density at radius 1 is 1.03 bits per heavy atom. The standard InChI is InChI=1S/C24H33N3O3/c1-6-27(7-2)24(29)26-21-13-11-20(12-14-21)19(5)25-23(28)15-16-30-22-10-8-9-17(3)18(22)4/h8-14,19H,6-7,15-16H2,1-5H3,(H,25,28)(H,26,29). The summed E-state index contributed by atoms with van der Waals surface area (Å²) < 4.78 is 5.76. The maximum atomic E-state index is 12.3. The summed E-state index contributed by atoms with van der Waals surface area (Å²) in [6.07, 6.45) is 0.287. The maximum Gasteiger partial charge on any atom is 0.321 e. The number of carbonyl (C=O) groups is 2. The van der Waals surface area contributed by atoms with Crippen molar-refractivity contribution in [1.29, 1.82) is 0 Å². The third-order valence-electron chi connectivity index (χ3n) is 5.23. The summed E-state index contributed by atoms with van der Waals surface area (Å²) in [6, 6.07) is 13.2. The quantitative estimate of drug-likeness (QED) is 0.621. The number of carbonyl (C=O) groups excluding carboxylic acids is 2. The van der Waals surface area contributed by atoms with Crippen molar-refractivity contribution in [2.75, 3.05) is 25.0 Å². The van der Waals surface area contributed by atoms with E-state index < -0.39 is 0 Å². The van der Waals surface area contributed by atoms with E-state index in [4.69, 9.17) is 4.74 Å². The molecule has 0 heterocycles. The third-order valence-corrected chi connectivity index (χ3v) is 5.23. The Morgan fingerprint density at radius 2 is 1.70 bits per heavy atom. The summed E-state index contributed by atoms with van der Waals surface area (Å²) in [7, 11) is 0. The molecule has 0 bridgehead atoms. The SMILES string of the molecule is CCN(CC)C(=O)Nc1ccc(C(C)NC(=O)CCOc2cccc(C)c2C)cc1. The number of anilines is 1. The van der Waals surface area contributed by atoms with Crippen LogP contribution in [0.5, 0.6) is 5.75 Å². The van der Waals surface area contributed by atoms with Crippen LogP contribution in [-0.4, -0.2) is 36.5 Å². The Labute approximate surface area is 179 Å². The van der Waals surface area contributed by atoms with Gasteiger partial charge < -0.3 is 20.3 Å². The minimum absolute atomic E-state index is 0.0632. The van der Waals surface area contributed by atoms with Gasteiger partial charge in [0.1, 0.15) is 5.75 Å². The molecule has 0 aliphatic carbocycles. The maximum absolute atomic E-state index is 12.3. The molecule has 0 aromatic heterocycles. The van der Waals surface area contributed by atoms with Gasteiger partial charge in [-0.1, -0.05) is 24.3 Å². The lowest BCUT2D eigenvalue weighted by molar-refractivity contribution is -0.122. The fraction of sp³-hybridized carbons (Fsp3) is 0.417. The number of ether oxygens (including phenoxy) is 1. The average molecular weight is 412 g/mol. The lowest BCUT2D eigenvalue weighted by atomic mass is 10.1. The van der Waals surface area contributed by atoms with Gasteiger partial charge in [-0.25, -0.2) is 4.79 Å². The highest BCUT2D eigenvalue weighted by molar-refractivity contribution is 5.89. The first-order chi connectivity index (χ1) is 14.3. The van der Waals surface area contributed by atoms with Gasteiger partial charge in [0.05, 0.1) is 19.1 Å². The molecule has 6 heteroatoms. The Morgan fingerprint density at radius 3 is 2.33 bits per heavy atom. The van der Waals surface area contributed by atoms with Crippen LogP contribution >= 0.6 is 0 Å². The van der Waals surface area contributed by atoms with Crippen LogP contribution in [0, 0.1) is 13.8 Å². The number of aryl methyl sites for hydroxylation is 1. The molecular formula is C24H33N3O3. The van der Waals surface area contributed by atoms with Crippen molar-refractivity contribution in [2.45, 2.75) is 47.1 Å². The van der Waals surface area contributed by atoms with Crippen LogP contribution in [0.15, 0.2) is 42.5 Å². The van der Waals surface area contributed by atoms with Crippen molar-refractivity contribution >= 4 is 17.6 Å². The fourth-order valence-electron chi connectivity index (χ4n) is 3.10. The molecule has 2 aromatic rings. The van der Waals surface area contributed by atoms with E-state index in [0.717, 1.165) is 22.6 Å². The Balaban J connectivity index is 1.82. The summed E-state index contributed by atoms with van der Waals surface area (Å²) >= 11 is 0. The second-order valence-corrected chi connectivity index (χ2v) is 7.31. The number of hydrogen-bond acceptors (Lipinski definition) is 3. The molecule has 0 spiro atoms. The third kappa shape index (κ3) is 6.51. The minimum atomic E-state index is -0.134. The lowest BCUT2D eigenvalue weighted by Gasteiger charge is -2.20. The Bertz CT molecular complexity index is 845. The largest absolute Gasteiger partial charge is 0.493 e. The summed E-state index contributed by atoms with van der Waals surface area (Å²) in [5.41, 5.74) is 3.97. The molecule has 2 N–H and O–H groups in total. The van der Waals surface area contributed by atoms with Gasteiger partial charge in [-0.15, -0.1) is 0 Å². The normalized spacial score (nSPS) is 11.5. The first-order valence-electron chi connectivity index (χ1n) is 10.5. The van der Waals surface area contributed by atoms with E-state index in [2.05, 4.69) is 10.6 Å². The smallest absolute Gasteiger partial charge is 0.321 e. The molecule has 1 atom stereocenters. The highest BCUT2D eigenvalue weighted by Gasteiger charge is 2.12. The van der Waals surface area contributed by atoms with Crippen LogP contribution in [0.25, 0.3) is 0 Å². The molecule has 2 rings (SSSR count). The lowest BCUT2D eigenvalue weighted by Crippen LogP contribution is -2.34. The van der Waals surface area contributed by atoms with Crippen molar-refractivity contribution < 1.29 is 14.3 Å². The number of hydrogen-bond donors (Lipinski definition) is 2. The summed E-state index contributed by atoms with van der Waals surface area (Å²) in [5.74, 6) is 0.755. The van der Waals surface area contributed by atoms with Crippen molar-refractivity contribution in [3.8, 4) is 5.75 Å². The molecule has 0 radical (unpaired) electrons. The van der Waals surface area contributed by atoms with Crippen LogP contribution in [0.1, 0.15) is 49.9 Å². The zero-order valence-electron chi connectivity index (χ0n) is 18.6. The van der Waals surface area contributed by atoms with Gasteiger partial charge in [-0.05, 0) is 69.5 Å². The molecule has 6 nitrogen and oxygen atoms in total. The van der Waals surface area contributed by atoms with Crippen LogP contribution in [-0.2, 0) is 4.79 Å². The van der Waals surface area contributed by atoms with Gasteiger partial charge in [0.15, 0.2) is 0 Å². The first kappa shape index (κ1) is 23.3. The zero-order chi connectivity index (χ0) is 22.1. The molecule has 162 valence electrons. The van der Waals surface area contributed by atoms with Crippen molar-refractivity contribution in [1.82, 2.24) is 10.2 Å². The number of nitrogens with zero attached hydrogens (tertiary/aromatic N) is 1. The van der Waals surface area contributed by atoms with Crippen LogP contribution < -0.4 is 15.4 Å². The van der Waals surface area contributed by atoms with E-state index in [1.807, 2.05) is 77.1 Å². The average Bonchev–Trinajstić information content (AvgIpc) is 2.72. The summed E-state index contributed by atoms with van der Waals surface area (Å²) in [5, 5.41) is 5.88. The topological polar surface area (TPSA) is 70.7 Å². The minimum Gasteiger partial charge on any atom is -0.493 e. The fourth-order valence-corrected chi connectivity index (χ4v) is 3.10. The van der Waals surface area contributed by atoms with Crippen LogP contribution in [0.3, 0.4) is 0 Å². The molecule has 3 amide bonds. The number of amides is 3. The van der Waals surface area contributed by atoms with Gasteiger partial charge in [0.2, 0.25) is 5.91 Å². The van der Waals surface area contributed by atoms with E-state index in [1.54, 1.807) is 4.90 Å². The predicted molar refractivity (Wildman–Crippen MR) is 121 cm³/mol. The van der Waals surface area contributed by atoms with Gasteiger partial charge in [-0.3, -0.25) is 4.79 Å². The molecule has 0 saturated heterocycles. The molecule has 2 aromatic carbocycles. The monoisotopic (exact) mass is 411 g/mol. The second-order valence-electron chi connectivity index (χ2n) is 7.31. The molecule has 0 fully saturated rings. The number of nitrogens with one attached hydrogen (secondary N) is 2. The van der Waals surface area contributed by atoms with E-state index in [-0.39, 0.29) is 24.4 Å². The van der Waals surface area contributed by atoms with Gasteiger partial charge in [0, 0.05) is 18.8 Å². The van der Waals surface area contributed by atoms with Gasteiger partial charge in [-0.2, -0.15) is 0 Å². The predicted octanol–water partition coefficient (Wildman–Crippen LogP) is 4.82. The molecular weight excluding hydrogens is 378 g/mol. The van der Waals surface area contributed by atoms with Crippen molar-refractivity contribution in [3.05, 3.63) is 59.2 Å². The van der Waals surface area contributed by atoms with Crippen molar-refractivity contribution in [3.63, 3.8) is 0 Å². The van der Waals surface area contributed by atoms with E-state index in [9.17, 15) is 9.59 Å². The van der Waals surface area contributed by atoms with E-state index in [1.165, 1.54) is 5.56 Å². The van der Waals surface area contributed by atoms with Crippen LogP contribution in [0.2, 0.25) is 0 Å². The molecule has 30 heavy (non-hydrogen) atoms. The Hall–Kier alpha value is -3.02. The molecule has 0 aliphatic heterocycles. The summed E-state index contributed by atoms with van der Waals surface area (Å²) in [6.45, 7) is 11.5. The van der Waals surface area contributed by atoms with E-state index in [0.29, 0.717) is 19.7 Å².